The van der Waals surface area contributed by atoms with Crippen molar-refractivity contribution in [1.82, 2.24) is 25.1 Å². The maximum atomic E-state index is 6.19. The van der Waals surface area contributed by atoms with Crippen molar-refractivity contribution in [2.75, 3.05) is 5.73 Å². The number of pyridine rings is 1. The van der Waals surface area contributed by atoms with Gasteiger partial charge >= 0.3 is 0 Å². The Morgan fingerprint density at radius 3 is 2.58 bits per heavy atom. The number of nitrogens with two attached hydrogens (primary N) is 1. The molecule has 0 spiro atoms. The van der Waals surface area contributed by atoms with Crippen molar-refractivity contribution in [2.45, 2.75) is 13.3 Å². The Bertz CT molecular complexity index is 1350. The summed E-state index contributed by atoms with van der Waals surface area (Å²) in [6.45, 7) is 2.10. The molecule has 0 saturated carbocycles. The van der Waals surface area contributed by atoms with E-state index in [-0.39, 0.29) is 0 Å². The molecule has 3 heterocycles. The predicted molar refractivity (Wildman–Crippen MR) is 125 cm³/mol. The zero-order valence-corrected chi connectivity index (χ0v) is 17.1. The van der Waals surface area contributed by atoms with Gasteiger partial charge in [-0.2, -0.15) is 5.10 Å². The first-order valence-corrected chi connectivity index (χ1v) is 9.80. The van der Waals surface area contributed by atoms with Crippen LogP contribution in [0.1, 0.15) is 17.1 Å². The lowest BCUT2D eigenvalue weighted by molar-refractivity contribution is 0.991. The summed E-state index contributed by atoms with van der Waals surface area (Å²) in [4.78, 5) is 13.0. The molecule has 0 aliphatic carbocycles. The molecule has 4 N–H and O–H groups in total. The first kappa shape index (κ1) is 19.9. The number of benzene rings is 2. The third kappa shape index (κ3) is 4.02. The Labute approximate surface area is 180 Å². The van der Waals surface area contributed by atoms with Crippen LogP contribution in [0.15, 0.2) is 67.0 Å². The molecule has 0 unspecified atom stereocenters. The summed E-state index contributed by atoms with van der Waals surface area (Å²) in [5.74, 6) is 0.837. The Hall–Kier alpha value is -4.37. The van der Waals surface area contributed by atoms with Crippen LogP contribution in [0.3, 0.4) is 0 Å². The first-order valence-electron chi connectivity index (χ1n) is 9.80. The summed E-state index contributed by atoms with van der Waals surface area (Å²) in [6, 6.07) is 18.4. The van der Waals surface area contributed by atoms with Crippen LogP contribution in [0.4, 0.5) is 5.69 Å². The average molecular weight is 406 g/mol. The monoisotopic (exact) mass is 406 g/mol. The van der Waals surface area contributed by atoms with Gasteiger partial charge in [-0.1, -0.05) is 42.0 Å². The number of aromatic amines is 2. The van der Waals surface area contributed by atoms with E-state index in [9.17, 15) is 0 Å². The SMILES string of the molecule is C#C.Cc1cccc(-c2cccc3[nH]c(Cc4nc(-c5cn[nH]c5)ccc4N)nc23)c1. The molecule has 0 atom stereocenters. The molecule has 152 valence electrons. The van der Waals surface area contributed by atoms with E-state index in [1.54, 1.807) is 6.20 Å². The van der Waals surface area contributed by atoms with Crippen molar-refractivity contribution in [2.24, 2.45) is 0 Å². The number of nitrogens with zero attached hydrogens (tertiary/aromatic N) is 3. The average Bonchev–Trinajstić information content (AvgIpc) is 3.46. The van der Waals surface area contributed by atoms with E-state index in [4.69, 9.17) is 15.7 Å². The number of aryl methyl sites for hydroxylation is 1. The van der Waals surface area contributed by atoms with Crippen molar-refractivity contribution in [1.29, 1.82) is 0 Å². The van der Waals surface area contributed by atoms with E-state index in [2.05, 4.69) is 65.3 Å². The largest absolute Gasteiger partial charge is 0.397 e. The number of hydrogen-bond donors (Lipinski definition) is 3. The molecule has 0 saturated heterocycles. The number of terminal acetylenes is 1. The predicted octanol–water partition coefficient (Wildman–Crippen LogP) is 4.75. The Kier molecular flexibility index (Phi) is 5.50. The Balaban J connectivity index is 0.00000112. The molecule has 6 heteroatoms. The topological polar surface area (TPSA) is 96.3 Å². The highest BCUT2D eigenvalue weighted by atomic mass is 15.1. The van der Waals surface area contributed by atoms with Gasteiger partial charge in [0.05, 0.1) is 40.7 Å². The second-order valence-corrected chi connectivity index (χ2v) is 7.15. The number of aromatic nitrogens is 5. The zero-order valence-electron chi connectivity index (χ0n) is 17.1. The lowest BCUT2D eigenvalue weighted by Crippen LogP contribution is -2.01. The van der Waals surface area contributed by atoms with Gasteiger partial charge in [-0.15, -0.1) is 12.8 Å². The fraction of sp³-hybridized carbons (Fsp3) is 0.0800. The number of nitrogen functional groups attached to an aromatic ring is 1. The molecule has 0 aliphatic heterocycles. The second-order valence-electron chi connectivity index (χ2n) is 7.15. The summed E-state index contributed by atoms with van der Waals surface area (Å²) >= 11 is 0. The third-order valence-electron chi connectivity index (χ3n) is 5.03. The van der Waals surface area contributed by atoms with Gasteiger partial charge in [0.2, 0.25) is 0 Å². The minimum Gasteiger partial charge on any atom is -0.397 e. The minimum absolute atomic E-state index is 0.527. The van der Waals surface area contributed by atoms with Crippen molar-refractivity contribution in [3.63, 3.8) is 0 Å². The highest BCUT2D eigenvalue weighted by Crippen LogP contribution is 2.29. The van der Waals surface area contributed by atoms with Gasteiger partial charge in [0.1, 0.15) is 5.82 Å². The summed E-state index contributed by atoms with van der Waals surface area (Å²) in [5.41, 5.74) is 14.9. The normalized spacial score (nSPS) is 10.5. The summed E-state index contributed by atoms with van der Waals surface area (Å²) in [5, 5.41) is 6.81. The minimum atomic E-state index is 0.527. The number of nitrogens with one attached hydrogen (secondary N) is 2. The molecule has 0 amide bonds. The van der Waals surface area contributed by atoms with E-state index >= 15 is 0 Å². The smallest absolute Gasteiger partial charge is 0.113 e. The Morgan fingerprint density at radius 1 is 0.968 bits per heavy atom. The first-order chi connectivity index (χ1) is 15.2. The maximum Gasteiger partial charge on any atom is 0.113 e. The van der Waals surface area contributed by atoms with Gasteiger partial charge in [0, 0.05) is 17.3 Å². The third-order valence-corrected chi connectivity index (χ3v) is 5.03. The van der Waals surface area contributed by atoms with Gasteiger partial charge in [-0.05, 0) is 30.7 Å². The fourth-order valence-corrected chi connectivity index (χ4v) is 3.58. The van der Waals surface area contributed by atoms with Crippen molar-refractivity contribution >= 4 is 16.7 Å². The standard InChI is InChI=1S/C23H20N6.C2H2/c1-14-4-2-5-15(10-14)17-6-3-7-20-23(17)29-22(28-20)11-21-18(24)8-9-19(27-21)16-12-25-26-13-16;1-2/h2-10,12-13H,11,24H2,1H3,(H,25,26)(H,28,29);1-2H. The molecule has 5 rings (SSSR count). The van der Waals surface area contributed by atoms with Crippen LogP contribution < -0.4 is 5.73 Å². The molecule has 0 bridgehead atoms. The lowest BCUT2D eigenvalue weighted by atomic mass is 10.0. The van der Waals surface area contributed by atoms with Crippen LogP contribution in [0.5, 0.6) is 0 Å². The van der Waals surface area contributed by atoms with Crippen molar-refractivity contribution < 1.29 is 0 Å². The van der Waals surface area contributed by atoms with E-state index in [0.29, 0.717) is 12.1 Å². The maximum absolute atomic E-state index is 6.19. The molecule has 0 radical (unpaired) electrons. The van der Waals surface area contributed by atoms with E-state index in [1.165, 1.54) is 5.56 Å². The number of para-hydroxylation sites is 1. The molecule has 6 nitrogen and oxygen atoms in total. The quantitative estimate of drug-likeness (QED) is 0.375. The van der Waals surface area contributed by atoms with Crippen LogP contribution in [-0.2, 0) is 6.42 Å². The van der Waals surface area contributed by atoms with Gasteiger partial charge in [0.15, 0.2) is 0 Å². The zero-order chi connectivity index (χ0) is 21.8. The molecule has 0 fully saturated rings. The van der Waals surface area contributed by atoms with Crippen LogP contribution in [0.2, 0.25) is 0 Å². The van der Waals surface area contributed by atoms with E-state index in [0.717, 1.165) is 44.9 Å². The van der Waals surface area contributed by atoms with Gasteiger partial charge in [-0.25, -0.2) is 4.98 Å². The molecule has 31 heavy (non-hydrogen) atoms. The molecular formula is C25H22N6. The molecule has 5 aromatic rings. The summed E-state index contributed by atoms with van der Waals surface area (Å²) < 4.78 is 0. The van der Waals surface area contributed by atoms with E-state index < -0.39 is 0 Å². The number of H-pyrrole nitrogens is 2. The van der Waals surface area contributed by atoms with Gasteiger partial charge in [0.25, 0.3) is 0 Å². The number of hydrogen-bond acceptors (Lipinski definition) is 4. The fourth-order valence-electron chi connectivity index (χ4n) is 3.58. The van der Waals surface area contributed by atoms with Crippen LogP contribution in [0, 0.1) is 19.8 Å². The number of rotatable bonds is 4. The van der Waals surface area contributed by atoms with Crippen LogP contribution in [-0.4, -0.2) is 25.1 Å². The lowest BCUT2D eigenvalue weighted by Gasteiger charge is -2.05. The van der Waals surface area contributed by atoms with Gasteiger partial charge in [-0.3, -0.25) is 10.1 Å². The number of imidazole rings is 1. The second kappa shape index (κ2) is 8.56. The molecule has 0 aliphatic rings. The highest BCUT2D eigenvalue weighted by Gasteiger charge is 2.12. The number of anilines is 1. The van der Waals surface area contributed by atoms with Crippen molar-refractivity contribution in [3.05, 3.63) is 84.1 Å². The molecular weight excluding hydrogens is 384 g/mol. The molecule has 3 aromatic heterocycles. The summed E-state index contributed by atoms with van der Waals surface area (Å²) in [6.07, 6.45) is 12.1. The molecule has 2 aromatic carbocycles. The number of fused-ring (bicyclic) bond motifs is 1. The summed E-state index contributed by atoms with van der Waals surface area (Å²) in [7, 11) is 0. The highest BCUT2D eigenvalue weighted by molar-refractivity contribution is 5.92. The van der Waals surface area contributed by atoms with Crippen LogP contribution >= 0.6 is 0 Å². The van der Waals surface area contributed by atoms with Crippen LogP contribution in [0.25, 0.3) is 33.4 Å². The Morgan fingerprint density at radius 2 is 1.81 bits per heavy atom. The van der Waals surface area contributed by atoms with Crippen molar-refractivity contribution in [3.8, 4) is 35.2 Å². The van der Waals surface area contributed by atoms with E-state index in [1.807, 2.05) is 30.5 Å². The van der Waals surface area contributed by atoms with Gasteiger partial charge < -0.3 is 10.7 Å².